The average Bonchev–Trinajstić information content (AvgIpc) is 3.23. The van der Waals surface area contributed by atoms with E-state index in [9.17, 15) is 18.6 Å². The molecule has 194 valence electrons. The fourth-order valence-electron chi connectivity index (χ4n) is 4.84. The Morgan fingerprint density at radius 3 is 2.53 bits per heavy atom. The van der Waals surface area contributed by atoms with Gasteiger partial charge >= 0.3 is 0 Å². The lowest BCUT2D eigenvalue weighted by atomic mass is 10.0. The van der Waals surface area contributed by atoms with E-state index in [2.05, 4.69) is 23.7 Å². The molecule has 0 radical (unpaired) electrons. The first-order valence-corrected chi connectivity index (χ1v) is 14.0. The van der Waals surface area contributed by atoms with E-state index in [0.717, 1.165) is 48.2 Å². The maximum atomic E-state index is 13.1. The summed E-state index contributed by atoms with van der Waals surface area (Å²) in [6, 6.07) is 12.6. The molecule has 2 aromatic rings. The zero-order valence-corrected chi connectivity index (χ0v) is 21.8. The van der Waals surface area contributed by atoms with Crippen molar-refractivity contribution in [3.05, 3.63) is 53.6 Å². The number of benzene rings is 2. The molecule has 2 atom stereocenters. The van der Waals surface area contributed by atoms with Gasteiger partial charge in [-0.2, -0.15) is 4.31 Å². The van der Waals surface area contributed by atoms with Crippen molar-refractivity contribution in [2.24, 2.45) is 10.7 Å². The first-order chi connectivity index (χ1) is 17.2. The Hall–Kier alpha value is -2.56. The van der Waals surface area contributed by atoms with Crippen LogP contribution in [0.4, 0.5) is 5.69 Å². The zero-order chi connectivity index (χ0) is 25.9. The summed E-state index contributed by atoms with van der Waals surface area (Å²) in [5.41, 5.74) is 10.2. The van der Waals surface area contributed by atoms with Crippen LogP contribution in [0.2, 0.25) is 0 Å². The maximum absolute atomic E-state index is 13.1. The topological polar surface area (TPSA) is 119 Å². The van der Waals surface area contributed by atoms with Crippen LogP contribution in [0.25, 0.3) is 17.2 Å². The second-order valence-electron chi connectivity index (χ2n) is 9.52. The summed E-state index contributed by atoms with van der Waals surface area (Å²) in [4.78, 5) is 6.87. The van der Waals surface area contributed by atoms with E-state index >= 15 is 0 Å². The van der Waals surface area contributed by atoms with Gasteiger partial charge in [-0.25, -0.2) is 13.4 Å². The second-order valence-corrected chi connectivity index (χ2v) is 11.5. The van der Waals surface area contributed by atoms with Gasteiger partial charge in [0.05, 0.1) is 16.7 Å². The van der Waals surface area contributed by atoms with Crippen LogP contribution in [0.5, 0.6) is 0 Å². The lowest BCUT2D eigenvalue weighted by Crippen LogP contribution is -2.38. The number of β-amino-alcohol motifs (C(OH)–C–C–N with tert-alkyl or cyclic N) is 1. The molecule has 1 fully saturated rings. The maximum Gasteiger partial charge on any atom is 0.243 e. The molecule has 2 heterocycles. The van der Waals surface area contributed by atoms with Crippen LogP contribution in [0.3, 0.4) is 0 Å². The van der Waals surface area contributed by atoms with Crippen LogP contribution in [-0.2, 0) is 10.0 Å². The smallest absolute Gasteiger partial charge is 0.243 e. The summed E-state index contributed by atoms with van der Waals surface area (Å²) < 4.78 is 27.5. The van der Waals surface area contributed by atoms with Crippen molar-refractivity contribution < 1.29 is 18.6 Å². The van der Waals surface area contributed by atoms with Crippen molar-refractivity contribution in [3.8, 4) is 11.1 Å². The van der Waals surface area contributed by atoms with E-state index in [-0.39, 0.29) is 11.4 Å². The SMILES string of the molecule is CCCN(CCC)C(O)C1=Cc2ccc(-c3cccc(S(=O)(=O)N4CC[C@H](O)C4)c3)cc2N=C(N)C1. The highest BCUT2D eigenvalue weighted by molar-refractivity contribution is 7.89. The second kappa shape index (κ2) is 11.2. The van der Waals surface area contributed by atoms with Crippen molar-refractivity contribution in [3.63, 3.8) is 0 Å². The number of rotatable bonds is 9. The number of aliphatic hydroxyl groups is 2. The number of amidine groups is 1. The van der Waals surface area contributed by atoms with Gasteiger partial charge < -0.3 is 15.9 Å². The summed E-state index contributed by atoms with van der Waals surface area (Å²) in [5.74, 6) is 0.424. The van der Waals surface area contributed by atoms with Crippen LogP contribution in [0.15, 0.2) is 57.9 Å². The highest BCUT2D eigenvalue weighted by Crippen LogP contribution is 2.34. The Labute approximate surface area is 213 Å². The van der Waals surface area contributed by atoms with Crippen LogP contribution in [0, 0.1) is 0 Å². The predicted octanol–water partition coefficient (Wildman–Crippen LogP) is 3.33. The van der Waals surface area contributed by atoms with Crippen LogP contribution in [-0.4, -0.2) is 72.2 Å². The average molecular weight is 513 g/mol. The summed E-state index contributed by atoms with van der Waals surface area (Å²) in [5, 5.41) is 20.9. The summed E-state index contributed by atoms with van der Waals surface area (Å²) in [6.07, 6.45) is 3.33. The molecule has 0 amide bonds. The minimum Gasteiger partial charge on any atom is -0.392 e. The van der Waals surface area contributed by atoms with Crippen molar-refractivity contribution in [2.45, 2.75) is 56.8 Å². The van der Waals surface area contributed by atoms with Crippen molar-refractivity contribution >= 4 is 27.6 Å². The highest BCUT2D eigenvalue weighted by Gasteiger charge is 2.31. The number of nitrogens with zero attached hydrogens (tertiary/aromatic N) is 3. The monoisotopic (exact) mass is 512 g/mol. The van der Waals surface area contributed by atoms with E-state index in [4.69, 9.17) is 5.73 Å². The third-order valence-electron chi connectivity index (χ3n) is 6.65. The molecule has 0 spiro atoms. The Bertz CT molecular complexity index is 1250. The van der Waals surface area contributed by atoms with Gasteiger partial charge in [0.15, 0.2) is 0 Å². The van der Waals surface area contributed by atoms with Gasteiger partial charge in [-0.05, 0) is 60.2 Å². The van der Waals surface area contributed by atoms with Gasteiger partial charge in [0, 0.05) is 38.2 Å². The molecular weight excluding hydrogens is 476 g/mol. The van der Waals surface area contributed by atoms with Gasteiger partial charge in [-0.1, -0.05) is 38.1 Å². The Balaban J connectivity index is 1.65. The molecule has 0 saturated carbocycles. The van der Waals surface area contributed by atoms with Gasteiger partial charge in [-0.3, -0.25) is 4.90 Å². The van der Waals surface area contributed by atoms with Gasteiger partial charge in [0.1, 0.15) is 12.1 Å². The Morgan fingerprint density at radius 2 is 1.86 bits per heavy atom. The summed E-state index contributed by atoms with van der Waals surface area (Å²) >= 11 is 0. The van der Waals surface area contributed by atoms with Gasteiger partial charge in [0.2, 0.25) is 10.0 Å². The Kier molecular flexibility index (Phi) is 8.27. The standard InChI is InChI=1S/C27H36N4O4S/c1-3-11-30(12-4-2)27(33)22-14-21-9-8-20(16-25(21)29-26(28)17-22)19-6-5-7-24(15-19)36(34,35)31-13-10-23(32)18-31/h5-9,14-16,23,27,32-33H,3-4,10-13,17-18H2,1-2H3,(H2,28,29)/t23-,27?/m0/s1. The molecule has 0 aromatic heterocycles. The first kappa shape index (κ1) is 26.5. The molecule has 4 rings (SSSR count). The normalized spacial score (nSPS) is 19.5. The van der Waals surface area contributed by atoms with E-state index in [0.29, 0.717) is 30.9 Å². The number of sulfonamides is 1. The van der Waals surface area contributed by atoms with Crippen molar-refractivity contribution in [1.29, 1.82) is 0 Å². The number of fused-ring (bicyclic) bond motifs is 1. The number of aliphatic hydroxyl groups excluding tert-OH is 2. The fraction of sp³-hybridized carbons (Fsp3) is 0.444. The minimum absolute atomic E-state index is 0.119. The Morgan fingerprint density at radius 1 is 1.14 bits per heavy atom. The largest absolute Gasteiger partial charge is 0.392 e. The molecular formula is C27H36N4O4S. The van der Waals surface area contributed by atoms with E-state index in [1.807, 2.05) is 30.3 Å². The van der Waals surface area contributed by atoms with Gasteiger partial charge in [-0.15, -0.1) is 0 Å². The lowest BCUT2D eigenvalue weighted by molar-refractivity contribution is 0.0323. The molecule has 4 N–H and O–H groups in total. The zero-order valence-electron chi connectivity index (χ0n) is 21.0. The lowest BCUT2D eigenvalue weighted by Gasteiger charge is -2.28. The molecule has 36 heavy (non-hydrogen) atoms. The predicted molar refractivity (Wildman–Crippen MR) is 143 cm³/mol. The summed E-state index contributed by atoms with van der Waals surface area (Å²) in [7, 11) is -3.68. The minimum atomic E-state index is -3.68. The van der Waals surface area contributed by atoms with E-state index < -0.39 is 22.4 Å². The number of nitrogens with two attached hydrogens (primary N) is 1. The molecule has 0 aliphatic carbocycles. The van der Waals surface area contributed by atoms with Gasteiger partial charge in [0.25, 0.3) is 0 Å². The molecule has 2 aliphatic heterocycles. The van der Waals surface area contributed by atoms with Crippen LogP contribution in [0.1, 0.15) is 45.1 Å². The molecule has 1 unspecified atom stereocenters. The van der Waals surface area contributed by atoms with E-state index in [1.165, 1.54) is 4.31 Å². The first-order valence-electron chi connectivity index (χ1n) is 12.6. The summed E-state index contributed by atoms with van der Waals surface area (Å²) in [6.45, 7) is 6.22. The van der Waals surface area contributed by atoms with Crippen molar-refractivity contribution in [1.82, 2.24) is 9.21 Å². The van der Waals surface area contributed by atoms with E-state index in [1.54, 1.807) is 18.2 Å². The number of hydrogen-bond donors (Lipinski definition) is 3. The third-order valence-corrected chi connectivity index (χ3v) is 8.51. The number of hydrogen-bond acceptors (Lipinski definition) is 7. The molecule has 2 aromatic carbocycles. The molecule has 0 bridgehead atoms. The van der Waals surface area contributed by atoms with Crippen LogP contribution >= 0.6 is 0 Å². The van der Waals surface area contributed by atoms with Crippen LogP contribution < -0.4 is 5.73 Å². The quantitative estimate of drug-likeness (QED) is 0.444. The molecule has 8 nitrogen and oxygen atoms in total. The molecule has 2 aliphatic rings. The number of aliphatic imine (C=N–C) groups is 1. The molecule has 9 heteroatoms. The molecule has 1 saturated heterocycles. The van der Waals surface area contributed by atoms with Crippen molar-refractivity contribution in [2.75, 3.05) is 26.2 Å². The third kappa shape index (κ3) is 5.71. The highest BCUT2D eigenvalue weighted by atomic mass is 32.2. The fourth-order valence-corrected chi connectivity index (χ4v) is 6.38.